The van der Waals surface area contributed by atoms with Crippen molar-refractivity contribution in [2.24, 2.45) is 5.92 Å². The maximum Gasteiger partial charge on any atom is 0.416 e. The van der Waals surface area contributed by atoms with Gasteiger partial charge in [0.1, 0.15) is 6.10 Å². The number of carbonyl (C=O) groups excluding carboxylic acids is 2. The van der Waals surface area contributed by atoms with Gasteiger partial charge < -0.3 is 19.1 Å². The minimum atomic E-state index is -5.07. The molecular formula is C35H35ClF6N4O5. The predicted octanol–water partition coefficient (Wildman–Crippen LogP) is 8.20. The third-order valence-electron chi connectivity index (χ3n) is 9.98. The first-order chi connectivity index (χ1) is 24.1. The molecule has 9 nitrogen and oxygen atoms in total. The molecule has 0 unspecified atom stereocenters. The smallest absolute Gasteiger partial charge is 0.416 e. The Labute approximate surface area is 294 Å². The first-order valence-corrected chi connectivity index (χ1v) is 16.7. The number of anilines is 1. The highest BCUT2D eigenvalue weighted by molar-refractivity contribution is 6.33. The molecule has 1 aliphatic carbocycles. The van der Waals surface area contributed by atoms with Crippen molar-refractivity contribution in [2.75, 3.05) is 32.2 Å². The van der Waals surface area contributed by atoms with Gasteiger partial charge in [0.25, 0.3) is 0 Å². The number of nitrogens with zero attached hydrogens (tertiary/aromatic N) is 4. The number of halogens is 7. The molecule has 51 heavy (non-hydrogen) atoms. The second-order valence-corrected chi connectivity index (χ2v) is 13.5. The van der Waals surface area contributed by atoms with Crippen LogP contribution >= 0.6 is 11.6 Å². The number of aromatic nitrogens is 2. The summed E-state index contributed by atoms with van der Waals surface area (Å²) < 4.78 is 97.7. The van der Waals surface area contributed by atoms with Gasteiger partial charge in [-0.05, 0) is 80.0 Å². The molecule has 6 rings (SSSR count). The first kappa shape index (κ1) is 36.7. The SMILES string of the molecule is COC(=O)[C@H]1CC[C@H](c2ccc(Cl)c(-c3cnc(N4CC(OC)C4)nc3CN3C(=O)O[C@H](c4cc(C(F)(F)F)cc(C(F)(F)F)c4)[C@@H]3C)c2)CC1. The van der Waals surface area contributed by atoms with Gasteiger partial charge >= 0.3 is 24.4 Å². The molecule has 3 aromatic rings. The van der Waals surface area contributed by atoms with Gasteiger partial charge in [0, 0.05) is 42.5 Å². The Morgan fingerprint density at radius 3 is 2.18 bits per heavy atom. The molecule has 0 bridgehead atoms. The molecule has 3 fully saturated rings. The van der Waals surface area contributed by atoms with Gasteiger partial charge in [-0.2, -0.15) is 26.3 Å². The standard InChI is InChI=1S/C35H35ClF6N4O5/c1-18-30(22-10-23(34(37,38)39)13-24(11-22)35(40,41)42)51-33(48)46(18)17-29-27(14-43-32(44-29)45-15-25(16-45)49-2)26-12-21(8-9-28(26)36)19-4-6-20(7-5-19)31(47)50-3/h8-14,18-20,25,30H,4-7,15-17H2,1-3H3/t18-,19-,20-,30-/m0/s1. The Morgan fingerprint density at radius 2 is 1.59 bits per heavy atom. The molecule has 16 heteroatoms. The topological polar surface area (TPSA) is 94.1 Å². The summed E-state index contributed by atoms with van der Waals surface area (Å²) in [6, 6.07) is 5.79. The summed E-state index contributed by atoms with van der Waals surface area (Å²) in [5.41, 5.74) is -1.06. The molecule has 1 amide bonds. The number of methoxy groups -OCH3 is 2. The van der Waals surface area contributed by atoms with Crippen LogP contribution in [0.4, 0.5) is 37.1 Å². The summed E-state index contributed by atoms with van der Waals surface area (Å²) in [5.74, 6) is 0.102. The third kappa shape index (κ3) is 7.59. The summed E-state index contributed by atoms with van der Waals surface area (Å²) in [7, 11) is 2.97. The lowest BCUT2D eigenvalue weighted by molar-refractivity contribution is -0.147. The molecule has 2 aromatic carbocycles. The molecule has 0 N–H and O–H groups in total. The number of amides is 1. The lowest BCUT2D eigenvalue weighted by Crippen LogP contribution is -2.52. The van der Waals surface area contributed by atoms with Crippen molar-refractivity contribution in [1.82, 2.24) is 14.9 Å². The number of cyclic esters (lactones) is 1. The van der Waals surface area contributed by atoms with Gasteiger partial charge in [0.15, 0.2) is 0 Å². The Morgan fingerprint density at radius 1 is 0.941 bits per heavy atom. The Balaban J connectivity index is 1.33. The summed E-state index contributed by atoms with van der Waals surface area (Å²) in [6.45, 7) is 2.31. The van der Waals surface area contributed by atoms with Crippen LogP contribution in [0.5, 0.6) is 0 Å². The molecule has 274 valence electrons. The van der Waals surface area contributed by atoms with Gasteiger partial charge in [-0.15, -0.1) is 0 Å². The van der Waals surface area contributed by atoms with Crippen LogP contribution in [0, 0.1) is 5.92 Å². The lowest BCUT2D eigenvalue weighted by atomic mass is 9.78. The summed E-state index contributed by atoms with van der Waals surface area (Å²) >= 11 is 6.75. The summed E-state index contributed by atoms with van der Waals surface area (Å²) in [5, 5.41) is 0.376. The fourth-order valence-electron chi connectivity index (χ4n) is 6.95. The van der Waals surface area contributed by atoms with Crippen LogP contribution in [-0.4, -0.2) is 66.4 Å². The monoisotopic (exact) mass is 740 g/mol. The molecular weight excluding hydrogens is 706 g/mol. The van der Waals surface area contributed by atoms with Gasteiger partial charge in [0.05, 0.1) is 48.5 Å². The molecule has 0 radical (unpaired) electrons. The number of rotatable bonds is 8. The average molecular weight is 741 g/mol. The fraction of sp³-hybridized carbons (Fsp3) is 0.486. The Hall–Kier alpha value is -4.11. The van der Waals surface area contributed by atoms with Gasteiger partial charge in [-0.25, -0.2) is 14.8 Å². The van der Waals surface area contributed by atoms with Crippen molar-refractivity contribution in [3.8, 4) is 11.1 Å². The Bertz CT molecular complexity index is 1760. The number of benzene rings is 2. The minimum absolute atomic E-state index is 0.0273. The zero-order chi connectivity index (χ0) is 36.8. The average Bonchev–Trinajstić information content (AvgIpc) is 3.35. The van der Waals surface area contributed by atoms with Gasteiger partial charge in [-0.1, -0.05) is 17.7 Å². The van der Waals surface area contributed by atoms with Gasteiger partial charge in [-0.3, -0.25) is 9.69 Å². The second-order valence-electron chi connectivity index (χ2n) is 13.1. The zero-order valence-electron chi connectivity index (χ0n) is 27.9. The van der Waals surface area contributed by atoms with E-state index in [1.165, 1.54) is 18.9 Å². The van der Waals surface area contributed by atoms with Crippen molar-refractivity contribution in [3.63, 3.8) is 0 Å². The van der Waals surface area contributed by atoms with Crippen molar-refractivity contribution >= 4 is 29.6 Å². The van der Waals surface area contributed by atoms with E-state index in [1.807, 2.05) is 17.0 Å². The Kier molecular flexibility index (Phi) is 10.2. The van der Waals surface area contributed by atoms with E-state index in [2.05, 4.69) is 4.98 Å². The van der Waals surface area contributed by atoms with Crippen LogP contribution in [0.1, 0.15) is 72.6 Å². The van der Waals surface area contributed by atoms with E-state index in [0.29, 0.717) is 65.9 Å². The van der Waals surface area contributed by atoms with E-state index in [9.17, 15) is 35.9 Å². The lowest BCUT2D eigenvalue weighted by Gasteiger charge is -2.38. The van der Waals surface area contributed by atoms with Gasteiger partial charge in [0.2, 0.25) is 5.95 Å². The van der Waals surface area contributed by atoms with E-state index < -0.39 is 47.3 Å². The number of ether oxygens (including phenoxy) is 3. The molecule has 2 aliphatic heterocycles. The molecule has 2 saturated heterocycles. The third-order valence-corrected chi connectivity index (χ3v) is 10.3. The molecule has 1 aromatic heterocycles. The minimum Gasteiger partial charge on any atom is -0.469 e. The van der Waals surface area contributed by atoms with E-state index >= 15 is 0 Å². The number of hydrogen-bond acceptors (Lipinski definition) is 8. The van der Waals surface area contributed by atoms with Crippen molar-refractivity contribution < 1.29 is 50.1 Å². The molecule has 2 atom stereocenters. The number of esters is 1. The molecule has 3 heterocycles. The quantitative estimate of drug-likeness (QED) is 0.169. The largest absolute Gasteiger partial charge is 0.469 e. The second kappa shape index (κ2) is 14.1. The first-order valence-electron chi connectivity index (χ1n) is 16.3. The van der Waals surface area contributed by atoms with Crippen molar-refractivity contribution in [2.45, 2.75) is 75.7 Å². The fourth-order valence-corrected chi connectivity index (χ4v) is 7.17. The number of alkyl halides is 6. The van der Waals surface area contributed by atoms with E-state index in [1.54, 1.807) is 19.4 Å². The van der Waals surface area contributed by atoms with E-state index in [0.717, 1.165) is 18.4 Å². The molecule has 0 spiro atoms. The molecule has 3 aliphatic rings. The highest BCUT2D eigenvalue weighted by atomic mass is 35.5. The highest BCUT2D eigenvalue weighted by Gasteiger charge is 2.44. The zero-order valence-corrected chi connectivity index (χ0v) is 28.6. The maximum absolute atomic E-state index is 13.7. The summed E-state index contributed by atoms with van der Waals surface area (Å²) in [4.78, 5) is 37.8. The van der Waals surface area contributed by atoms with Crippen LogP contribution in [0.25, 0.3) is 11.1 Å². The number of carbonyl (C=O) groups is 2. The van der Waals surface area contributed by atoms with E-state index in [4.69, 9.17) is 30.8 Å². The van der Waals surface area contributed by atoms with Crippen molar-refractivity contribution in [1.29, 1.82) is 0 Å². The maximum atomic E-state index is 13.7. The normalized spacial score (nSPS) is 22.9. The van der Waals surface area contributed by atoms with Crippen molar-refractivity contribution in [3.05, 3.63) is 75.6 Å². The van der Waals surface area contributed by atoms with Crippen LogP contribution in [0.2, 0.25) is 5.02 Å². The van der Waals surface area contributed by atoms with E-state index in [-0.39, 0.29) is 36.5 Å². The molecule has 1 saturated carbocycles. The van der Waals surface area contributed by atoms with Crippen LogP contribution < -0.4 is 4.90 Å². The predicted molar refractivity (Wildman–Crippen MR) is 173 cm³/mol. The van der Waals surface area contributed by atoms with Crippen LogP contribution in [0.15, 0.2) is 42.6 Å². The number of hydrogen-bond donors (Lipinski definition) is 0. The van der Waals surface area contributed by atoms with Crippen LogP contribution in [-0.2, 0) is 37.9 Å². The van der Waals surface area contributed by atoms with Crippen LogP contribution in [0.3, 0.4) is 0 Å². The summed E-state index contributed by atoms with van der Waals surface area (Å²) in [6.07, 6.45) is -8.10. The highest BCUT2D eigenvalue weighted by Crippen LogP contribution is 2.43.